The molecular weight excluding hydrogens is 296 g/mol. The summed E-state index contributed by atoms with van der Waals surface area (Å²) in [5.41, 5.74) is 0.706. The maximum atomic E-state index is 11.9. The van der Waals surface area contributed by atoms with Gasteiger partial charge in [0.1, 0.15) is 11.6 Å². The fraction of sp³-hybridized carbons (Fsp3) is 0.250. The first-order valence-corrected chi connectivity index (χ1v) is 6.91. The molecule has 0 aliphatic rings. The molecule has 1 aromatic rings. The van der Waals surface area contributed by atoms with Crippen LogP contribution in [0.3, 0.4) is 0 Å². The van der Waals surface area contributed by atoms with E-state index >= 15 is 0 Å². The van der Waals surface area contributed by atoms with E-state index in [1.54, 1.807) is 25.1 Å². The minimum atomic E-state index is -0.583. The summed E-state index contributed by atoms with van der Waals surface area (Å²) in [6.45, 7) is 2.35. The number of hydrogen-bond acceptors (Lipinski definition) is 6. The van der Waals surface area contributed by atoms with Crippen LogP contribution in [0.4, 0.5) is 5.69 Å². The van der Waals surface area contributed by atoms with Crippen LogP contribution in [0.25, 0.3) is 0 Å². The number of ether oxygens (including phenoxy) is 1. The van der Waals surface area contributed by atoms with Crippen molar-refractivity contribution in [3.8, 4) is 12.1 Å². The van der Waals surface area contributed by atoms with Crippen molar-refractivity contribution in [1.82, 2.24) is 5.32 Å². The van der Waals surface area contributed by atoms with Gasteiger partial charge in [-0.3, -0.25) is 4.79 Å². The van der Waals surface area contributed by atoms with Crippen molar-refractivity contribution in [2.45, 2.75) is 13.3 Å². The first-order valence-electron chi connectivity index (χ1n) is 6.91. The zero-order chi connectivity index (χ0) is 17.1. The minimum absolute atomic E-state index is 0.114. The Morgan fingerprint density at radius 3 is 2.52 bits per heavy atom. The van der Waals surface area contributed by atoms with Gasteiger partial charge in [0.05, 0.1) is 24.7 Å². The summed E-state index contributed by atoms with van der Waals surface area (Å²) in [5, 5.41) is 22.6. The summed E-state index contributed by atoms with van der Waals surface area (Å²) in [6, 6.07) is 9.85. The molecule has 0 aliphatic heterocycles. The van der Waals surface area contributed by atoms with Crippen LogP contribution in [0.5, 0.6) is 0 Å². The lowest BCUT2D eigenvalue weighted by Gasteiger charge is -2.06. The van der Waals surface area contributed by atoms with E-state index in [1.165, 1.54) is 18.3 Å². The molecule has 2 N–H and O–H groups in total. The topological polar surface area (TPSA) is 115 Å². The van der Waals surface area contributed by atoms with E-state index in [1.807, 2.05) is 6.07 Å². The van der Waals surface area contributed by atoms with Crippen LogP contribution in [0.1, 0.15) is 23.7 Å². The molecule has 0 unspecified atom stereocenters. The maximum Gasteiger partial charge on any atom is 0.338 e. The van der Waals surface area contributed by atoms with Crippen molar-refractivity contribution < 1.29 is 14.3 Å². The Hall–Kier alpha value is -3.32. The fourth-order valence-electron chi connectivity index (χ4n) is 1.55. The number of hydrogen-bond donors (Lipinski definition) is 2. The van der Waals surface area contributed by atoms with Crippen LogP contribution in [0.2, 0.25) is 0 Å². The zero-order valence-corrected chi connectivity index (χ0v) is 12.6. The van der Waals surface area contributed by atoms with Crippen molar-refractivity contribution in [2.24, 2.45) is 0 Å². The van der Waals surface area contributed by atoms with E-state index < -0.39 is 11.9 Å². The Kier molecular flexibility index (Phi) is 7.39. The SMILES string of the molecule is CCOC(=O)c1ccc(NC(=O)/C(C#N)=C\NCCC#N)cc1. The van der Waals surface area contributed by atoms with E-state index in [-0.39, 0.29) is 18.6 Å². The molecule has 7 nitrogen and oxygen atoms in total. The number of benzene rings is 1. The Morgan fingerprint density at radius 1 is 1.26 bits per heavy atom. The van der Waals surface area contributed by atoms with Crippen molar-refractivity contribution in [2.75, 3.05) is 18.5 Å². The van der Waals surface area contributed by atoms with Crippen molar-refractivity contribution in [3.05, 3.63) is 41.6 Å². The molecule has 0 aromatic heterocycles. The quantitative estimate of drug-likeness (QED) is 0.343. The van der Waals surface area contributed by atoms with Crippen LogP contribution in [0, 0.1) is 22.7 Å². The second-order valence-electron chi connectivity index (χ2n) is 4.28. The number of nitriles is 2. The predicted octanol–water partition coefficient (Wildman–Crippen LogP) is 1.71. The van der Waals surface area contributed by atoms with Gasteiger partial charge in [-0.15, -0.1) is 0 Å². The highest BCUT2D eigenvalue weighted by molar-refractivity contribution is 6.06. The van der Waals surface area contributed by atoms with Crippen LogP contribution in [-0.2, 0) is 9.53 Å². The number of amides is 1. The van der Waals surface area contributed by atoms with Gasteiger partial charge in [0, 0.05) is 18.4 Å². The number of rotatable bonds is 7. The van der Waals surface area contributed by atoms with Crippen LogP contribution in [-0.4, -0.2) is 25.0 Å². The summed E-state index contributed by atoms with van der Waals surface area (Å²) in [4.78, 5) is 23.4. The first kappa shape index (κ1) is 17.7. The largest absolute Gasteiger partial charge is 0.462 e. The van der Waals surface area contributed by atoms with E-state index in [4.69, 9.17) is 15.3 Å². The first-order chi connectivity index (χ1) is 11.1. The lowest BCUT2D eigenvalue weighted by Crippen LogP contribution is -2.17. The summed E-state index contributed by atoms with van der Waals surface area (Å²) in [6.07, 6.45) is 1.53. The van der Waals surface area contributed by atoms with Crippen molar-refractivity contribution in [3.63, 3.8) is 0 Å². The third-order valence-corrected chi connectivity index (χ3v) is 2.65. The molecule has 0 spiro atoms. The Labute approximate surface area is 134 Å². The number of carbonyl (C=O) groups excluding carboxylic acids is 2. The molecule has 0 saturated heterocycles. The molecule has 0 bridgehead atoms. The molecule has 0 aliphatic carbocycles. The van der Waals surface area contributed by atoms with Gasteiger partial charge in [0.25, 0.3) is 5.91 Å². The zero-order valence-electron chi connectivity index (χ0n) is 12.6. The van der Waals surface area contributed by atoms with Gasteiger partial charge in [-0.2, -0.15) is 10.5 Å². The highest BCUT2D eigenvalue weighted by atomic mass is 16.5. The summed E-state index contributed by atoms with van der Waals surface area (Å²) < 4.78 is 4.86. The number of nitrogens with one attached hydrogen (secondary N) is 2. The number of carbonyl (C=O) groups is 2. The molecule has 23 heavy (non-hydrogen) atoms. The molecule has 0 atom stereocenters. The van der Waals surface area contributed by atoms with Gasteiger partial charge in [-0.1, -0.05) is 0 Å². The second-order valence-corrected chi connectivity index (χ2v) is 4.28. The molecule has 7 heteroatoms. The van der Waals surface area contributed by atoms with Gasteiger partial charge in [0.2, 0.25) is 0 Å². The van der Waals surface area contributed by atoms with E-state index in [2.05, 4.69) is 10.6 Å². The van der Waals surface area contributed by atoms with Crippen molar-refractivity contribution >= 4 is 17.6 Å². The number of nitrogens with zero attached hydrogens (tertiary/aromatic N) is 2. The summed E-state index contributed by atoms with van der Waals surface area (Å²) in [7, 11) is 0. The van der Waals surface area contributed by atoms with Gasteiger partial charge in [-0.25, -0.2) is 4.79 Å². The standard InChI is InChI=1S/C16H16N4O3/c1-2-23-16(22)12-4-6-14(7-5-12)20-15(21)13(10-18)11-19-9-3-8-17/h4-7,11,19H,2-3,9H2,1H3,(H,20,21)/b13-11-. The molecule has 1 rings (SSSR count). The Balaban J connectivity index is 2.67. The Morgan fingerprint density at radius 2 is 1.96 bits per heavy atom. The monoisotopic (exact) mass is 312 g/mol. The average Bonchev–Trinajstić information content (AvgIpc) is 2.55. The van der Waals surface area contributed by atoms with Crippen molar-refractivity contribution in [1.29, 1.82) is 10.5 Å². The highest BCUT2D eigenvalue weighted by Crippen LogP contribution is 2.11. The van der Waals surface area contributed by atoms with Gasteiger partial charge < -0.3 is 15.4 Å². The molecule has 1 aromatic carbocycles. The third kappa shape index (κ3) is 5.90. The minimum Gasteiger partial charge on any atom is -0.462 e. The van der Waals surface area contributed by atoms with E-state index in [0.717, 1.165) is 0 Å². The van der Waals surface area contributed by atoms with Crippen LogP contribution in [0.15, 0.2) is 36.0 Å². The van der Waals surface area contributed by atoms with Gasteiger partial charge in [-0.05, 0) is 31.2 Å². The third-order valence-electron chi connectivity index (χ3n) is 2.65. The van der Waals surface area contributed by atoms with E-state index in [9.17, 15) is 9.59 Å². The number of anilines is 1. The molecule has 0 heterocycles. The van der Waals surface area contributed by atoms with Crippen LogP contribution >= 0.6 is 0 Å². The molecule has 118 valence electrons. The molecule has 1 amide bonds. The molecule has 0 fully saturated rings. The lowest BCUT2D eigenvalue weighted by atomic mass is 10.2. The summed E-state index contributed by atoms with van der Waals surface area (Å²) >= 11 is 0. The Bertz CT molecular complexity index is 666. The second kappa shape index (κ2) is 9.59. The van der Waals surface area contributed by atoms with Gasteiger partial charge in [0.15, 0.2) is 0 Å². The smallest absolute Gasteiger partial charge is 0.338 e. The van der Waals surface area contributed by atoms with E-state index in [0.29, 0.717) is 17.8 Å². The van der Waals surface area contributed by atoms with Crippen LogP contribution < -0.4 is 10.6 Å². The normalized spacial score (nSPS) is 10.1. The maximum absolute atomic E-state index is 11.9. The molecule has 0 radical (unpaired) electrons. The fourth-order valence-corrected chi connectivity index (χ4v) is 1.55. The predicted molar refractivity (Wildman–Crippen MR) is 83.0 cm³/mol. The average molecular weight is 312 g/mol. The molecular formula is C16H16N4O3. The highest BCUT2D eigenvalue weighted by Gasteiger charge is 2.10. The summed E-state index contributed by atoms with van der Waals surface area (Å²) in [5.74, 6) is -1.02. The number of esters is 1. The molecule has 0 saturated carbocycles. The lowest BCUT2D eigenvalue weighted by molar-refractivity contribution is -0.112. The van der Waals surface area contributed by atoms with Gasteiger partial charge >= 0.3 is 5.97 Å².